The van der Waals surface area contributed by atoms with Crippen LogP contribution in [0.2, 0.25) is 0 Å². The van der Waals surface area contributed by atoms with Gasteiger partial charge < -0.3 is 5.11 Å². The molecular weight excluding hydrogens is 192 g/mol. The minimum absolute atomic E-state index is 0.677. The van der Waals surface area contributed by atoms with Gasteiger partial charge in [0.25, 0.3) is 0 Å². The molecule has 1 N–H and O–H groups in total. The van der Waals surface area contributed by atoms with Crippen LogP contribution >= 0.6 is 0 Å². The summed E-state index contributed by atoms with van der Waals surface area (Å²) in [6.07, 6.45) is 0.991. The fraction of sp³-hybridized carbons (Fsp3) is 0.400. The summed E-state index contributed by atoms with van der Waals surface area (Å²) in [5.74, 6) is 0. The van der Waals surface area contributed by atoms with Crippen LogP contribution in [0.3, 0.4) is 0 Å². The van der Waals surface area contributed by atoms with Gasteiger partial charge in [0, 0.05) is 20.3 Å². The van der Waals surface area contributed by atoms with E-state index in [4.69, 9.17) is 0 Å². The Morgan fingerprint density at radius 2 is 2.00 bits per heavy atom. The Balaban J connectivity index is 2.40. The first-order chi connectivity index (χ1) is 7.09. The molecule has 15 heavy (non-hydrogen) atoms. The van der Waals surface area contributed by atoms with E-state index in [1.165, 1.54) is 0 Å². The molecule has 0 bridgehead atoms. The maximum absolute atomic E-state index is 10.1. The maximum Gasteiger partial charge on any atom is 0.137 e. The highest BCUT2D eigenvalue weighted by atomic mass is 16.3. The second-order valence-electron chi connectivity index (χ2n) is 3.62. The van der Waals surface area contributed by atoms with Gasteiger partial charge in [0.1, 0.15) is 6.10 Å². The number of hydrogen-bond donors (Lipinski definition) is 1. The van der Waals surface area contributed by atoms with Crippen molar-refractivity contribution in [3.63, 3.8) is 0 Å². The molecule has 2 heterocycles. The molecule has 5 heteroatoms. The van der Waals surface area contributed by atoms with Gasteiger partial charge in [-0.25, -0.2) is 0 Å². The Hall–Kier alpha value is -1.62. The monoisotopic (exact) mass is 206 g/mol. The molecule has 2 rings (SSSR count). The molecule has 0 radical (unpaired) electrons. The first kappa shape index (κ1) is 9.92. The molecule has 2 aromatic heterocycles. The van der Waals surface area contributed by atoms with E-state index >= 15 is 0 Å². The van der Waals surface area contributed by atoms with Crippen molar-refractivity contribution in [2.45, 2.75) is 13.0 Å². The zero-order valence-corrected chi connectivity index (χ0v) is 9.05. The average Bonchev–Trinajstić information content (AvgIpc) is 2.71. The van der Waals surface area contributed by atoms with Crippen LogP contribution in [-0.2, 0) is 14.1 Å². The number of aromatic nitrogens is 4. The summed E-state index contributed by atoms with van der Waals surface area (Å²) in [4.78, 5) is 0. The third-order valence-corrected chi connectivity index (χ3v) is 2.46. The standard InChI is InChI=1S/C10H14N4O/c1-7-6-9(14(3)12-7)10(15)8-4-5-11-13(8)2/h4-6,10,15H,1-3H3. The first-order valence-electron chi connectivity index (χ1n) is 4.76. The fourth-order valence-electron chi connectivity index (χ4n) is 1.69. The summed E-state index contributed by atoms with van der Waals surface area (Å²) >= 11 is 0. The second-order valence-corrected chi connectivity index (χ2v) is 3.62. The van der Waals surface area contributed by atoms with E-state index in [1.54, 1.807) is 21.6 Å². The van der Waals surface area contributed by atoms with E-state index in [-0.39, 0.29) is 0 Å². The van der Waals surface area contributed by atoms with Crippen LogP contribution in [0.25, 0.3) is 0 Å². The van der Waals surface area contributed by atoms with Crippen molar-refractivity contribution in [3.8, 4) is 0 Å². The minimum Gasteiger partial charge on any atom is -0.380 e. The van der Waals surface area contributed by atoms with Crippen LogP contribution in [0.15, 0.2) is 18.3 Å². The van der Waals surface area contributed by atoms with Gasteiger partial charge in [-0.05, 0) is 19.1 Å². The van der Waals surface area contributed by atoms with Gasteiger partial charge >= 0.3 is 0 Å². The van der Waals surface area contributed by atoms with Crippen molar-refractivity contribution >= 4 is 0 Å². The SMILES string of the molecule is Cc1cc(C(O)c2ccnn2C)n(C)n1. The van der Waals surface area contributed by atoms with E-state index in [1.807, 2.05) is 27.1 Å². The minimum atomic E-state index is -0.677. The van der Waals surface area contributed by atoms with Crippen LogP contribution in [0, 0.1) is 6.92 Å². The molecule has 1 atom stereocenters. The predicted octanol–water partition coefficient (Wildman–Crippen LogP) is 0.544. The van der Waals surface area contributed by atoms with Crippen LogP contribution in [-0.4, -0.2) is 24.7 Å². The van der Waals surface area contributed by atoms with Crippen LogP contribution in [0.4, 0.5) is 0 Å². The van der Waals surface area contributed by atoms with Gasteiger partial charge in [0.05, 0.1) is 17.1 Å². The highest BCUT2D eigenvalue weighted by Crippen LogP contribution is 2.20. The molecule has 0 fully saturated rings. The zero-order chi connectivity index (χ0) is 11.0. The van der Waals surface area contributed by atoms with Crippen LogP contribution < -0.4 is 0 Å². The van der Waals surface area contributed by atoms with E-state index in [2.05, 4.69) is 10.2 Å². The topological polar surface area (TPSA) is 55.9 Å². The molecule has 0 saturated carbocycles. The highest BCUT2D eigenvalue weighted by Gasteiger charge is 2.17. The van der Waals surface area contributed by atoms with Crippen molar-refractivity contribution in [1.82, 2.24) is 19.6 Å². The molecule has 0 amide bonds. The smallest absolute Gasteiger partial charge is 0.137 e. The number of aliphatic hydroxyl groups excluding tert-OH is 1. The molecule has 0 aliphatic carbocycles. The Morgan fingerprint density at radius 1 is 1.27 bits per heavy atom. The molecule has 80 valence electrons. The molecule has 0 saturated heterocycles. The van der Waals surface area contributed by atoms with E-state index in [9.17, 15) is 5.11 Å². The molecule has 0 spiro atoms. The quantitative estimate of drug-likeness (QED) is 0.780. The zero-order valence-electron chi connectivity index (χ0n) is 9.05. The van der Waals surface area contributed by atoms with E-state index in [0.717, 1.165) is 17.1 Å². The lowest BCUT2D eigenvalue weighted by molar-refractivity contribution is 0.199. The summed E-state index contributed by atoms with van der Waals surface area (Å²) in [6, 6.07) is 3.67. The third-order valence-electron chi connectivity index (χ3n) is 2.46. The predicted molar refractivity (Wildman–Crippen MR) is 55.2 cm³/mol. The van der Waals surface area contributed by atoms with Gasteiger partial charge in [-0.1, -0.05) is 0 Å². The van der Waals surface area contributed by atoms with Gasteiger partial charge in [-0.3, -0.25) is 9.36 Å². The lowest BCUT2D eigenvalue weighted by Crippen LogP contribution is -2.10. The van der Waals surface area contributed by atoms with Crippen molar-refractivity contribution in [3.05, 3.63) is 35.4 Å². The molecular formula is C10H14N4O. The lowest BCUT2D eigenvalue weighted by Gasteiger charge is -2.10. The Bertz CT molecular complexity index is 471. The molecule has 1 unspecified atom stereocenters. The summed E-state index contributed by atoms with van der Waals surface area (Å²) < 4.78 is 3.35. The van der Waals surface area contributed by atoms with E-state index in [0.29, 0.717) is 0 Å². The lowest BCUT2D eigenvalue weighted by atomic mass is 10.2. The van der Waals surface area contributed by atoms with Crippen molar-refractivity contribution < 1.29 is 5.11 Å². The molecule has 2 aromatic rings. The fourth-order valence-corrected chi connectivity index (χ4v) is 1.69. The van der Waals surface area contributed by atoms with Crippen LogP contribution in [0.1, 0.15) is 23.2 Å². The average molecular weight is 206 g/mol. The summed E-state index contributed by atoms with van der Waals surface area (Å²) in [7, 11) is 3.63. The number of rotatable bonds is 2. The highest BCUT2D eigenvalue weighted by molar-refractivity contribution is 5.20. The third kappa shape index (κ3) is 1.66. The maximum atomic E-state index is 10.1. The number of aliphatic hydroxyl groups is 1. The van der Waals surface area contributed by atoms with Gasteiger partial charge in [-0.2, -0.15) is 10.2 Å². The summed E-state index contributed by atoms with van der Waals surface area (Å²) in [5.41, 5.74) is 2.43. The second kappa shape index (κ2) is 3.51. The Morgan fingerprint density at radius 3 is 2.47 bits per heavy atom. The molecule has 0 aliphatic rings. The van der Waals surface area contributed by atoms with Gasteiger partial charge in [-0.15, -0.1) is 0 Å². The molecule has 0 aliphatic heterocycles. The molecule has 5 nitrogen and oxygen atoms in total. The van der Waals surface area contributed by atoms with Crippen molar-refractivity contribution in [2.24, 2.45) is 14.1 Å². The molecule has 0 aromatic carbocycles. The Labute approximate surface area is 88.0 Å². The normalized spacial score (nSPS) is 13.1. The van der Waals surface area contributed by atoms with E-state index < -0.39 is 6.10 Å². The van der Waals surface area contributed by atoms with Crippen LogP contribution in [0.5, 0.6) is 0 Å². The van der Waals surface area contributed by atoms with Crippen molar-refractivity contribution in [2.75, 3.05) is 0 Å². The van der Waals surface area contributed by atoms with Gasteiger partial charge in [0.15, 0.2) is 0 Å². The van der Waals surface area contributed by atoms with Crippen molar-refractivity contribution in [1.29, 1.82) is 0 Å². The van der Waals surface area contributed by atoms with Gasteiger partial charge in [0.2, 0.25) is 0 Å². The summed E-state index contributed by atoms with van der Waals surface area (Å²) in [5, 5.41) is 18.4. The largest absolute Gasteiger partial charge is 0.380 e. The summed E-state index contributed by atoms with van der Waals surface area (Å²) in [6.45, 7) is 1.90. The number of hydrogen-bond acceptors (Lipinski definition) is 3. The number of nitrogens with zero attached hydrogens (tertiary/aromatic N) is 4. The Kier molecular flexibility index (Phi) is 2.32. The first-order valence-corrected chi connectivity index (χ1v) is 4.76. The number of aryl methyl sites for hydroxylation is 3.